The summed E-state index contributed by atoms with van der Waals surface area (Å²) in [5, 5.41) is 6.30. The third-order valence-electron chi connectivity index (χ3n) is 7.05. The Morgan fingerprint density at radius 2 is 2.03 bits per heavy atom. The summed E-state index contributed by atoms with van der Waals surface area (Å²) in [6.45, 7) is 2.24. The lowest BCUT2D eigenvalue weighted by Gasteiger charge is -2.29. The van der Waals surface area contributed by atoms with Crippen LogP contribution in [0.5, 0.6) is 0 Å². The molecule has 1 saturated heterocycles. The Balaban J connectivity index is 1.59. The summed E-state index contributed by atoms with van der Waals surface area (Å²) < 4.78 is 45.9. The largest absolute Gasteiger partial charge is 0.468 e. The molecule has 3 heterocycles. The van der Waals surface area contributed by atoms with Gasteiger partial charge in [0.2, 0.25) is 5.91 Å². The molecule has 3 atom stereocenters. The molecule has 0 spiro atoms. The highest BCUT2D eigenvalue weighted by atomic mass is 19.4. The van der Waals surface area contributed by atoms with Crippen LogP contribution in [0.3, 0.4) is 0 Å². The van der Waals surface area contributed by atoms with Crippen molar-refractivity contribution < 1.29 is 27.5 Å². The van der Waals surface area contributed by atoms with Gasteiger partial charge in [0, 0.05) is 12.8 Å². The molecule has 0 radical (unpaired) electrons. The number of halogens is 3. The van der Waals surface area contributed by atoms with Crippen molar-refractivity contribution in [2.45, 2.75) is 63.7 Å². The number of imidazole rings is 1. The van der Waals surface area contributed by atoms with Crippen molar-refractivity contribution in [3.63, 3.8) is 0 Å². The Kier molecular flexibility index (Phi) is 6.10. The highest BCUT2D eigenvalue weighted by Gasteiger charge is 2.60. The van der Waals surface area contributed by atoms with Crippen LogP contribution in [0.15, 0.2) is 18.3 Å². The number of ether oxygens (including phenoxy) is 1. The third-order valence-corrected chi connectivity index (χ3v) is 7.05. The van der Waals surface area contributed by atoms with Crippen LogP contribution >= 0.6 is 0 Å². The molecule has 2 fully saturated rings. The Bertz CT molecular complexity index is 1050. The normalized spacial score (nSPS) is 29.2. The number of fused-ring (bicyclic) bond motifs is 1. The van der Waals surface area contributed by atoms with Crippen LogP contribution in [0.4, 0.5) is 13.2 Å². The van der Waals surface area contributed by atoms with Crippen LogP contribution in [0.25, 0.3) is 5.65 Å². The fraction of sp³-hybridized carbons (Fsp3) is 0.636. The van der Waals surface area contributed by atoms with E-state index < -0.39 is 35.9 Å². The molecule has 3 N–H and O–H groups in total. The van der Waals surface area contributed by atoms with Crippen LogP contribution in [0, 0.1) is 17.3 Å². The van der Waals surface area contributed by atoms with E-state index in [0.717, 1.165) is 32.8 Å². The van der Waals surface area contributed by atoms with Crippen LogP contribution < -0.4 is 11.1 Å². The van der Waals surface area contributed by atoms with Crippen molar-refractivity contribution in [2.24, 2.45) is 23.0 Å². The number of nitrogens with zero attached hydrogens (tertiary/aromatic N) is 3. The number of carbonyl (C=O) groups is 2. The monoisotopic (exact) mass is 467 g/mol. The second-order valence-electron chi connectivity index (χ2n) is 9.36. The molecule has 11 heteroatoms. The highest BCUT2D eigenvalue weighted by molar-refractivity contribution is 6.04. The first-order valence-corrected chi connectivity index (χ1v) is 11.1. The summed E-state index contributed by atoms with van der Waals surface area (Å²) in [5.74, 6) is -1.01. The highest BCUT2D eigenvalue weighted by Crippen LogP contribution is 2.40. The first-order valence-electron chi connectivity index (χ1n) is 11.1. The number of aromatic nitrogens is 3. The summed E-state index contributed by atoms with van der Waals surface area (Å²) in [6.07, 6.45) is 0.290. The van der Waals surface area contributed by atoms with Gasteiger partial charge in [0.05, 0.1) is 30.7 Å². The fourth-order valence-electron chi connectivity index (χ4n) is 4.97. The predicted molar refractivity (Wildman–Crippen MR) is 112 cm³/mol. The van der Waals surface area contributed by atoms with Gasteiger partial charge in [-0.05, 0) is 36.8 Å². The molecular weight excluding hydrogens is 439 g/mol. The zero-order valence-corrected chi connectivity index (χ0v) is 18.6. The molecule has 180 valence electrons. The molecule has 1 unspecified atom stereocenters. The Hall–Kier alpha value is -2.69. The van der Waals surface area contributed by atoms with Crippen LogP contribution in [0.2, 0.25) is 0 Å². The van der Waals surface area contributed by atoms with Gasteiger partial charge in [0.1, 0.15) is 6.04 Å². The average molecular weight is 467 g/mol. The number of esters is 1. The van der Waals surface area contributed by atoms with E-state index in [2.05, 4.69) is 17.0 Å². The van der Waals surface area contributed by atoms with Crippen molar-refractivity contribution in [3.8, 4) is 0 Å². The molecule has 4 rings (SSSR count). The molecule has 0 bridgehead atoms. The zero-order valence-electron chi connectivity index (χ0n) is 18.6. The standard InChI is InChI=1S/C22H28F3N5O3/c1-12-3-5-13(6-4-12)18(26)15-11-30-17(27-15)8-7-14(29-30)9-21(20(32)33-2)10-16(22(23,24)25)28-19(21)31/h7-8,11-13,16,18H,3-6,9-10,26H2,1-2H3,(H,28,31)/t12?,13?,16-,18-,21?/m0/s1. The van der Waals surface area contributed by atoms with Crippen molar-refractivity contribution in [2.75, 3.05) is 7.11 Å². The maximum absolute atomic E-state index is 13.2. The Morgan fingerprint density at radius 1 is 1.33 bits per heavy atom. The predicted octanol–water partition coefficient (Wildman–Crippen LogP) is 2.71. The minimum Gasteiger partial charge on any atom is -0.468 e. The number of methoxy groups -OCH3 is 1. The molecule has 33 heavy (non-hydrogen) atoms. The summed E-state index contributed by atoms with van der Waals surface area (Å²) in [7, 11) is 1.05. The molecule has 1 saturated carbocycles. The van der Waals surface area contributed by atoms with Crippen LogP contribution in [-0.4, -0.2) is 45.8 Å². The smallest absolute Gasteiger partial charge is 0.408 e. The summed E-state index contributed by atoms with van der Waals surface area (Å²) in [4.78, 5) is 29.6. The summed E-state index contributed by atoms with van der Waals surface area (Å²) in [5.41, 5.74) is 5.97. The Labute approximate surface area is 189 Å². The second-order valence-corrected chi connectivity index (χ2v) is 9.36. The molecule has 1 aliphatic carbocycles. The van der Waals surface area contributed by atoms with E-state index in [1.165, 1.54) is 4.52 Å². The van der Waals surface area contributed by atoms with E-state index >= 15 is 0 Å². The van der Waals surface area contributed by atoms with Gasteiger partial charge in [-0.2, -0.15) is 18.3 Å². The van der Waals surface area contributed by atoms with E-state index in [4.69, 9.17) is 10.5 Å². The Morgan fingerprint density at radius 3 is 2.64 bits per heavy atom. The molecule has 2 aliphatic rings. The third kappa shape index (κ3) is 4.42. The van der Waals surface area contributed by atoms with E-state index in [0.29, 0.717) is 23.2 Å². The molecule has 1 aliphatic heterocycles. The van der Waals surface area contributed by atoms with Crippen LogP contribution in [-0.2, 0) is 20.7 Å². The maximum atomic E-state index is 13.2. The van der Waals surface area contributed by atoms with Gasteiger partial charge >= 0.3 is 12.1 Å². The number of rotatable bonds is 5. The molecule has 8 nitrogen and oxygen atoms in total. The van der Waals surface area contributed by atoms with Gasteiger partial charge in [0.25, 0.3) is 0 Å². The van der Waals surface area contributed by atoms with Gasteiger partial charge in [-0.15, -0.1) is 0 Å². The summed E-state index contributed by atoms with van der Waals surface area (Å²) in [6, 6.07) is 0.848. The van der Waals surface area contributed by atoms with Gasteiger partial charge in [0.15, 0.2) is 11.1 Å². The number of amides is 1. The molecule has 2 aromatic heterocycles. The lowest BCUT2D eigenvalue weighted by atomic mass is 9.79. The topological polar surface area (TPSA) is 112 Å². The number of nitrogens with two attached hydrogens (primary N) is 1. The van der Waals surface area contributed by atoms with Crippen molar-refractivity contribution >= 4 is 17.5 Å². The molecular formula is C22H28F3N5O3. The number of hydrogen-bond donors (Lipinski definition) is 2. The van der Waals surface area contributed by atoms with E-state index in [-0.39, 0.29) is 18.2 Å². The number of alkyl halides is 3. The van der Waals surface area contributed by atoms with Gasteiger partial charge in [-0.1, -0.05) is 19.8 Å². The molecule has 2 aromatic rings. The molecule has 0 aromatic carbocycles. The fourth-order valence-corrected chi connectivity index (χ4v) is 4.97. The van der Waals surface area contributed by atoms with E-state index in [1.54, 1.807) is 18.3 Å². The minimum atomic E-state index is -4.67. The number of hydrogen-bond acceptors (Lipinski definition) is 6. The average Bonchev–Trinajstić information content (AvgIpc) is 3.34. The van der Waals surface area contributed by atoms with E-state index in [9.17, 15) is 22.8 Å². The quantitative estimate of drug-likeness (QED) is 0.517. The first kappa shape index (κ1) is 23.5. The lowest BCUT2D eigenvalue weighted by molar-refractivity contribution is -0.160. The van der Waals surface area contributed by atoms with Gasteiger partial charge in [-0.25, -0.2) is 9.50 Å². The number of nitrogens with one attached hydrogen (secondary N) is 1. The first-order chi connectivity index (χ1) is 15.5. The van der Waals surface area contributed by atoms with Crippen molar-refractivity contribution in [1.82, 2.24) is 19.9 Å². The van der Waals surface area contributed by atoms with Gasteiger partial charge < -0.3 is 15.8 Å². The lowest BCUT2D eigenvalue weighted by Crippen LogP contribution is -2.42. The SMILES string of the molecule is COC(=O)C1(Cc2ccc3nc([C@@H](N)C4CCC(C)CC4)cn3n2)C[C@@H](C(F)(F)F)NC1=O. The number of carbonyl (C=O) groups excluding carboxylic acids is 2. The summed E-state index contributed by atoms with van der Waals surface area (Å²) >= 11 is 0. The molecule has 1 amide bonds. The second kappa shape index (κ2) is 8.58. The van der Waals surface area contributed by atoms with Gasteiger partial charge in [-0.3, -0.25) is 9.59 Å². The van der Waals surface area contributed by atoms with Crippen molar-refractivity contribution in [1.29, 1.82) is 0 Å². The van der Waals surface area contributed by atoms with Crippen LogP contribution in [0.1, 0.15) is 56.5 Å². The maximum Gasteiger partial charge on any atom is 0.408 e. The zero-order chi connectivity index (χ0) is 24.0. The van der Waals surface area contributed by atoms with Crippen molar-refractivity contribution in [3.05, 3.63) is 29.7 Å². The van der Waals surface area contributed by atoms with E-state index in [1.807, 2.05) is 5.32 Å². The minimum absolute atomic E-state index is 0.239.